The molecular formula is C19H24FN3O2. The van der Waals surface area contributed by atoms with Crippen LogP contribution in [0.2, 0.25) is 0 Å². The molecule has 2 saturated carbocycles. The van der Waals surface area contributed by atoms with Gasteiger partial charge in [-0.15, -0.1) is 0 Å². The van der Waals surface area contributed by atoms with Crippen LogP contribution in [0.3, 0.4) is 0 Å². The molecule has 25 heavy (non-hydrogen) atoms. The number of nitrogens with one attached hydrogen (secondary N) is 1. The molecule has 5 nitrogen and oxygen atoms in total. The summed E-state index contributed by atoms with van der Waals surface area (Å²) in [7, 11) is 0. The molecule has 1 aromatic rings. The van der Waals surface area contributed by atoms with Crippen molar-refractivity contribution < 1.29 is 14.0 Å². The summed E-state index contributed by atoms with van der Waals surface area (Å²) in [6.07, 6.45) is 3.62. The van der Waals surface area contributed by atoms with Crippen LogP contribution in [-0.2, 0) is 15.0 Å². The normalized spacial score (nSPS) is 22.5. The molecular weight excluding hydrogens is 321 g/mol. The van der Waals surface area contributed by atoms with Crippen molar-refractivity contribution in [2.24, 2.45) is 0 Å². The van der Waals surface area contributed by atoms with Gasteiger partial charge in [-0.05, 0) is 31.7 Å². The lowest BCUT2D eigenvalue weighted by Crippen LogP contribution is -2.53. The van der Waals surface area contributed by atoms with Gasteiger partial charge in [-0.25, -0.2) is 4.39 Å². The lowest BCUT2D eigenvalue weighted by atomic mass is 9.93. The van der Waals surface area contributed by atoms with Gasteiger partial charge >= 0.3 is 0 Å². The Bertz CT molecular complexity index is 677. The predicted octanol–water partition coefficient (Wildman–Crippen LogP) is 1.28. The third kappa shape index (κ3) is 3.40. The highest BCUT2D eigenvalue weighted by molar-refractivity contribution is 5.91. The van der Waals surface area contributed by atoms with E-state index in [2.05, 4.69) is 10.2 Å². The minimum absolute atomic E-state index is 0.0414. The van der Waals surface area contributed by atoms with Crippen molar-refractivity contribution in [2.75, 3.05) is 32.7 Å². The maximum Gasteiger partial charge on any atom is 0.234 e. The monoisotopic (exact) mass is 345 g/mol. The molecule has 0 atom stereocenters. The molecule has 6 heteroatoms. The van der Waals surface area contributed by atoms with Gasteiger partial charge in [0.05, 0.1) is 12.0 Å². The first kappa shape index (κ1) is 16.5. The van der Waals surface area contributed by atoms with Gasteiger partial charge in [0.25, 0.3) is 0 Å². The Morgan fingerprint density at radius 2 is 1.80 bits per heavy atom. The van der Waals surface area contributed by atoms with E-state index in [-0.39, 0.29) is 17.6 Å². The Hall–Kier alpha value is -1.95. The Balaban J connectivity index is 1.34. The van der Waals surface area contributed by atoms with Crippen molar-refractivity contribution >= 4 is 11.8 Å². The fourth-order valence-electron chi connectivity index (χ4n) is 3.69. The molecule has 2 aliphatic carbocycles. The highest BCUT2D eigenvalue weighted by atomic mass is 19.1. The molecule has 1 N–H and O–H groups in total. The second kappa shape index (κ2) is 6.41. The minimum Gasteiger partial charge on any atom is -0.352 e. The highest BCUT2D eigenvalue weighted by Crippen LogP contribution is 2.50. The SMILES string of the molecule is O=C(CN1CCN(C(=O)C2(c3ccccc3F)CC2)CC1)NC1CC1. The fraction of sp³-hybridized carbons (Fsp3) is 0.579. The number of piperazine rings is 1. The van der Waals surface area contributed by atoms with Gasteiger partial charge < -0.3 is 10.2 Å². The quantitative estimate of drug-likeness (QED) is 0.875. The maximum atomic E-state index is 14.1. The molecule has 1 heterocycles. The molecule has 1 aromatic carbocycles. The molecule has 0 bridgehead atoms. The Kier molecular flexibility index (Phi) is 4.23. The summed E-state index contributed by atoms with van der Waals surface area (Å²) in [6, 6.07) is 7.00. The summed E-state index contributed by atoms with van der Waals surface area (Å²) in [5, 5.41) is 2.99. The number of amides is 2. The van der Waals surface area contributed by atoms with E-state index >= 15 is 0 Å². The molecule has 0 aromatic heterocycles. The summed E-state index contributed by atoms with van der Waals surface area (Å²) >= 11 is 0. The third-order valence-electron chi connectivity index (χ3n) is 5.52. The molecule has 2 amide bonds. The zero-order valence-corrected chi connectivity index (χ0v) is 14.3. The summed E-state index contributed by atoms with van der Waals surface area (Å²) in [6.45, 7) is 2.99. The topological polar surface area (TPSA) is 52.7 Å². The van der Waals surface area contributed by atoms with E-state index in [4.69, 9.17) is 0 Å². The highest BCUT2D eigenvalue weighted by Gasteiger charge is 2.54. The Morgan fingerprint density at radius 1 is 1.12 bits per heavy atom. The Morgan fingerprint density at radius 3 is 2.40 bits per heavy atom. The third-order valence-corrected chi connectivity index (χ3v) is 5.52. The summed E-state index contributed by atoms with van der Waals surface area (Å²) < 4.78 is 14.1. The second-order valence-electron chi connectivity index (χ2n) is 7.47. The minimum atomic E-state index is -0.656. The molecule has 4 rings (SSSR count). The fourth-order valence-corrected chi connectivity index (χ4v) is 3.69. The average molecular weight is 345 g/mol. The Labute approximate surface area is 147 Å². The number of nitrogens with zero attached hydrogens (tertiary/aromatic N) is 2. The molecule has 0 unspecified atom stereocenters. The smallest absolute Gasteiger partial charge is 0.234 e. The lowest BCUT2D eigenvalue weighted by Gasteiger charge is -2.36. The van der Waals surface area contributed by atoms with Gasteiger partial charge in [0.2, 0.25) is 11.8 Å². The van der Waals surface area contributed by atoms with Crippen LogP contribution < -0.4 is 5.32 Å². The van der Waals surface area contributed by atoms with Gasteiger partial charge in [0, 0.05) is 37.8 Å². The van der Waals surface area contributed by atoms with E-state index < -0.39 is 5.41 Å². The molecule has 3 fully saturated rings. The largest absolute Gasteiger partial charge is 0.352 e. The molecule has 1 aliphatic heterocycles. The zero-order chi connectivity index (χ0) is 17.4. The van der Waals surface area contributed by atoms with Crippen LogP contribution in [-0.4, -0.2) is 60.4 Å². The van der Waals surface area contributed by atoms with Gasteiger partial charge in [-0.1, -0.05) is 18.2 Å². The number of halogens is 1. The number of carbonyl (C=O) groups is 2. The second-order valence-corrected chi connectivity index (χ2v) is 7.47. The first-order valence-corrected chi connectivity index (χ1v) is 9.15. The van der Waals surface area contributed by atoms with Gasteiger partial charge in [0.1, 0.15) is 5.82 Å². The van der Waals surface area contributed by atoms with E-state index in [0.717, 1.165) is 25.7 Å². The van der Waals surface area contributed by atoms with Crippen LogP contribution in [0, 0.1) is 5.82 Å². The van der Waals surface area contributed by atoms with Crippen LogP contribution >= 0.6 is 0 Å². The van der Waals surface area contributed by atoms with E-state index in [0.29, 0.717) is 44.3 Å². The first-order valence-electron chi connectivity index (χ1n) is 9.15. The number of hydrogen-bond donors (Lipinski definition) is 1. The van der Waals surface area contributed by atoms with Crippen molar-refractivity contribution in [3.05, 3.63) is 35.6 Å². The van der Waals surface area contributed by atoms with Crippen molar-refractivity contribution in [1.29, 1.82) is 0 Å². The molecule has 1 saturated heterocycles. The number of hydrogen-bond acceptors (Lipinski definition) is 3. The molecule has 134 valence electrons. The van der Waals surface area contributed by atoms with E-state index in [1.54, 1.807) is 18.2 Å². The van der Waals surface area contributed by atoms with Crippen LogP contribution in [0.5, 0.6) is 0 Å². The standard InChI is InChI=1S/C19H24FN3O2/c20-16-4-2-1-3-15(16)19(7-8-19)18(25)23-11-9-22(10-12-23)13-17(24)21-14-5-6-14/h1-4,14H,5-13H2,(H,21,24). The van der Waals surface area contributed by atoms with Gasteiger partial charge in [-0.3, -0.25) is 14.5 Å². The summed E-state index contributed by atoms with van der Waals surface area (Å²) in [5.74, 6) is -0.171. The molecule has 3 aliphatic rings. The van der Waals surface area contributed by atoms with Crippen molar-refractivity contribution in [3.8, 4) is 0 Å². The van der Waals surface area contributed by atoms with E-state index in [1.165, 1.54) is 6.07 Å². The van der Waals surface area contributed by atoms with Gasteiger partial charge in [0.15, 0.2) is 0 Å². The average Bonchev–Trinajstić information content (AvgIpc) is 3.51. The molecule has 0 spiro atoms. The lowest BCUT2D eigenvalue weighted by molar-refractivity contribution is -0.136. The number of carbonyl (C=O) groups excluding carboxylic acids is 2. The van der Waals surface area contributed by atoms with Crippen molar-refractivity contribution in [2.45, 2.75) is 37.1 Å². The van der Waals surface area contributed by atoms with E-state index in [9.17, 15) is 14.0 Å². The zero-order valence-electron chi connectivity index (χ0n) is 14.3. The van der Waals surface area contributed by atoms with Gasteiger partial charge in [-0.2, -0.15) is 0 Å². The van der Waals surface area contributed by atoms with Crippen LogP contribution in [0.1, 0.15) is 31.2 Å². The first-order chi connectivity index (χ1) is 12.1. The van der Waals surface area contributed by atoms with Crippen LogP contribution in [0.25, 0.3) is 0 Å². The van der Waals surface area contributed by atoms with Crippen molar-refractivity contribution in [3.63, 3.8) is 0 Å². The van der Waals surface area contributed by atoms with Crippen LogP contribution in [0.4, 0.5) is 4.39 Å². The number of benzene rings is 1. The molecule has 0 radical (unpaired) electrons. The van der Waals surface area contributed by atoms with Crippen molar-refractivity contribution in [1.82, 2.24) is 15.1 Å². The maximum absolute atomic E-state index is 14.1. The van der Waals surface area contributed by atoms with Crippen LogP contribution in [0.15, 0.2) is 24.3 Å². The summed E-state index contributed by atoms with van der Waals surface area (Å²) in [5.41, 5.74) is -0.122. The summed E-state index contributed by atoms with van der Waals surface area (Å²) in [4.78, 5) is 28.8. The predicted molar refractivity (Wildman–Crippen MR) is 91.5 cm³/mol. The number of rotatable bonds is 5. The van der Waals surface area contributed by atoms with E-state index in [1.807, 2.05) is 4.90 Å².